The van der Waals surface area contributed by atoms with E-state index in [2.05, 4.69) is 25.0 Å². The first-order chi connectivity index (χ1) is 13.1. The van der Waals surface area contributed by atoms with Crippen LogP contribution in [-0.4, -0.2) is 63.8 Å². The lowest BCUT2D eigenvalue weighted by Gasteiger charge is -2.27. The molecule has 1 unspecified atom stereocenters. The summed E-state index contributed by atoms with van der Waals surface area (Å²) in [5.74, 6) is 1.90. The molecule has 0 bridgehead atoms. The smallest absolute Gasteiger partial charge is 0.257 e. The van der Waals surface area contributed by atoms with Gasteiger partial charge in [0.25, 0.3) is 5.91 Å². The lowest BCUT2D eigenvalue weighted by atomic mass is 10.2. The van der Waals surface area contributed by atoms with E-state index >= 15 is 0 Å². The van der Waals surface area contributed by atoms with Gasteiger partial charge >= 0.3 is 0 Å². The summed E-state index contributed by atoms with van der Waals surface area (Å²) >= 11 is 0. The van der Waals surface area contributed by atoms with Crippen molar-refractivity contribution >= 4 is 11.9 Å². The van der Waals surface area contributed by atoms with Gasteiger partial charge in [-0.05, 0) is 12.8 Å². The van der Waals surface area contributed by atoms with Crippen LogP contribution in [0.4, 0.5) is 5.95 Å². The number of aromatic nitrogens is 4. The Morgan fingerprint density at radius 1 is 1.19 bits per heavy atom. The molecule has 4 rings (SSSR count). The summed E-state index contributed by atoms with van der Waals surface area (Å²) in [5.41, 5.74) is 0.475. The fourth-order valence-corrected chi connectivity index (χ4v) is 3.41. The topological polar surface area (TPSA) is 97.5 Å². The largest absolute Gasteiger partial charge is 0.378 e. The molecule has 9 nitrogen and oxygen atoms in total. The number of morpholine rings is 1. The summed E-state index contributed by atoms with van der Waals surface area (Å²) in [6.07, 6.45) is 4.92. The van der Waals surface area contributed by atoms with Gasteiger partial charge in [0.2, 0.25) is 11.8 Å². The lowest BCUT2D eigenvalue weighted by Crippen LogP contribution is -2.37. The van der Waals surface area contributed by atoms with Crippen LogP contribution < -0.4 is 4.90 Å². The van der Waals surface area contributed by atoms with Crippen molar-refractivity contribution in [3.63, 3.8) is 0 Å². The Balaban J connectivity index is 1.49. The Morgan fingerprint density at radius 3 is 2.59 bits per heavy atom. The maximum Gasteiger partial charge on any atom is 0.257 e. The van der Waals surface area contributed by atoms with E-state index < -0.39 is 0 Å². The average molecular weight is 372 g/mol. The average Bonchev–Trinajstić information content (AvgIpc) is 3.37. The van der Waals surface area contributed by atoms with Gasteiger partial charge in [-0.2, -0.15) is 4.98 Å². The molecule has 0 radical (unpaired) electrons. The Labute approximate surface area is 157 Å². The number of hydrogen-bond donors (Lipinski definition) is 0. The molecule has 1 amide bonds. The molecule has 0 aromatic carbocycles. The van der Waals surface area contributed by atoms with Gasteiger partial charge in [0.1, 0.15) is 6.04 Å². The summed E-state index contributed by atoms with van der Waals surface area (Å²) in [6, 6.07) is -0.184. The molecule has 0 spiro atoms. The highest BCUT2D eigenvalue weighted by Gasteiger charge is 2.35. The van der Waals surface area contributed by atoms with E-state index in [9.17, 15) is 4.79 Å². The van der Waals surface area contributed by atoms with E-state index in [0.717, 1.165) is 25.9 Å². The van der Waals surface area contributed by atoms with E-state index in [1.165, 1.54) is 0 Å². The molecular formula is C18H24N6O3. The van der Waals surface area contributed by atoms with Crippen molar-refractivity contribution in [3.8, 4) is 0 Å². The lowest BCUT2D eigenvalue weighted by molar-refractivity contribution is 0.0709. The standard InChI is InChI=1S/C18H24N6O3/c1-12(2)15-21-16(27-22-15)14-4-3-5-24(14)17(25)13-10-19-18(20-11-13)23-6-8-26-9-7-23/h10-12,14H,3-9H2,1-2H3. The minimum Gasteiger partial charge on any atom is -0.378 e. The number of carbonyl (C=O) groups is 1. The predicted molar refractivity (Wildman–Crippen MR) is 96.5 cm³/mol. The minimum absolute atomic E-state index is 0.102. The summed E-state index contributed by atoms with van der Waals surface area (Å²) < 4.78 is 10.8. The highest BCUT2D eigenvalue weighted by Crippen LogP contribution is 2.32. The Hall–Kier alpha value is -2.55. The maximum atomic E-state index is 13.0. The van der Waals surface area contributed by atoms with E-state index in [1.54, 1.807) is 17.3 Å². The fourth-order valence-electron chi connectivity index (χ4n) is 3.41. The monoisotopic (exact) mass is 372 g/mol. The third-order valence-corrected chi connectivity index (χ3v) is 4.95. The molecule has 0 saturated carbocycles. The van der Waals surface area contributed by atoms with Crippen LogP contribution in [0, 0.1) is 0 Å². The third-order valence-electron chi connectivity index (χ3n) is 4.95. The number of hydrogen-bond acceptors (Lipinski definition) is 8. The molecule has 1 atom stereocenters. The van der Waals surface area contributed by atoms with Crippen molar-refractivity contribution in [1.82, 2.24) is 25.0 Å². The predicted octanol–water partition coefficient (Wildman–Crippen LogP) is 1.80. The second-order valence-electron chi connectivity index (χ2n) is 7.17. The van der Waals surface area contributed by atoms with Gasteiger partial charge in [0.15, 0.2) is 5.82 Å². The molecule has 0 aliphatic carbocycles. The van der Waals surface area contributed by atoms with E-state index in [0.29, 0.717) is 43.0 Å². The first-order valence-electron chi connectivity index (χ1n) is 9.42. The second-order valence-corrected chi connectivity index (χ2v) is 7.17. The van der Waals surface area contributed by atoms with Gasteiger partial charge in [0.05, 0.1) is 18.8 Å². The van der Waals surface area contributed by atoms with Gasteiger partial charge in [-0.1, -0.05) is 19.0 Å². The van der Waals surface area contributed by atoms with Crippen LogP contribution >= 0.6 is 0 Å². The van der Waals surface area contributed by atoms with Gasteiger partial charge in [0, 0.05) is 37.9 Å². The number of likely N-dealkylation sites (tertiary alicyclic amines) is 1. The van der Waals surface area contributed by atoms with E-state index in [-0.39, 0.29) is 17.9 Å². The van der Waals surface area contributed by atoms with Crippen LogP contribution in [-0.2, 0) is 4.74 Å². The normalized spacial score (nSPS) is 20.5. The third kappa shape index (κ3) is 3.64. The second kappa shape index (κ2) is 7.59. The zero-order valence-electron chi connectivity index (χ0n) is 15.7. The van der Waals surface area contributed by atoms with E-state index in [1.807, 2.05) is 13.8 Å². The van der Waals surface area contributed by atoms with Crippen LogP contribution in [0.15, 0.2) is 16.9 Å². The van der Waals surface area contributed by atoms with Crippen molar-refractivity contribution in [3.05, 3.63) is 29.7 Å². The number of carbonyl (C=O) groups excluding carboxylic acids is 1. The van der Waals surface area contributed by atoms with Crippen molar-refractivity contribution in [1.29, 1.82) is 0 Å². The number of ether oxygens (including phenoxy) is 1. The zero-order valence-corrected chi connectivity index (χ0v) is 15.7. The molecule has 0 N–H and O–H groups in total. The number of anilines is 1. The summed E-state index contributed by atoms with van der Waals surface area (Å²) in [7, 11) is 0. The number of amides is 1. The molecular weight excluding hydrogens is 348 g/mol. The van der Waals surface area contributed by atoms with E-state index in [4.69, 9.17) is 9.26 Å². The van der Waals surface area contributed by atoms with Crippen molar-refractivity contribution in [2.45, 2.75) is 38.6 Å². The van der Waals surface area contributed by atoms with Crippen LogP contribution in [0.25, 0.3) is 0 Å². The molecule has 4 heterocycles. The number of rotatable bonds is 4. The summed E-state index contributed by atoms with van der Waals surface area (Å²) in [5, 5.41) is 4.03. The molecule has 2 aliphatic rings. The van der Waals surface area contributed by atoms with Crippen LogP contribution in [0.1, 0.15) is 60.7 Å². The SMILES string of the molecule is CC(C)c1noc(C2CCCN2C(=O)c2cnc(N3CCOCC3)nc2)n1. The van der Waals surface area contributed by atoms with Crippen LogP contribution in [0.3, 0.4) is 0 Å². The Morgan fingerprint density at radius 2 is 1.93 bits per heavy atom. The van der Waals surface area contributed by atoms with Crippen LogP contribution in [0.5, 0.6) is 0 Å². The highest BCUT2D eigenvalue weighted by molar-refractivity contribution is 5.94. The van der Waals surface area contributed by atoms with Crippen LogP contribution in [0.2, 0.25) is 0 Å². The molecule has 144 valence electrons. The Bertz CT molecular complexity index is 785. The molecule has 2 fully saturated rings. The molecule has 2 saturated heterocycles. The molecule has 9 heteroatoms. The first-order valence-corrected chi connectivity index (χ1v) is 9.42. The maximum absolute atomic E-state index is 13.0. The quantitative estimate of drug-likeness (QED) is 0.801. The molecule has 27 heavy (non-hydrogen) atoms. The van der Waals surface area contributed by atoms with Gasteiger partial charge < -0.3 is 19.1 Å². The minimum atomic E-state index is -0.184. The number of nitrogens with zero attached hydrogens (tertiary/aromatic N) is 6. The molecule has 2 aromatic heterocycles. The highest BCUT2D eigenvalue weighted by atomic mass is 16.5. The van der Waals surface area contributed by atoms with Crippen molar-refractivity contribution < 1.29 is 14.1 Å². The van der Waals surface area contributed by atoms with Crippen molar-refractivity contribution in [2.75, 3.05) is 37.7 Å². The Kier molecular flexibility index (Phi) is 5.02. The van der Waals surface area contributed by atoms with Crippen molar-refractivity contribution in [2.24, 2.45) is 0 Å². The summed E-state index contributed by atoms with van der Waals surface area (Å²) in [6.45, 7) is 7.55. The van der Waals surface area contributed by atoms with Gasteiger partial charge in [-0.25, -0.2) is 9.97 Å². The first kappa shape index (κ1) is 17.8. The summed E-state index contributed by atoms with van der Waals surface area (Å²) in [4.78, 5) is 30.1. The molecule has 2 aromatic rings. The van der Waals surface area contributed by atoms with Gasteiger partial charge in [-0.3, -0.25) is 4.79 Å². The zero-order chi connectivity index (χ0) is 18.8. The fraction of sp³-hybridized carbons (Fsp3) is 0.611. The molecule has 2 aliphatic heterocycles. The van der Waals surface area contributed by atoms with Gasteiger partial charge in [-0.15, -0.1) is 0 Å².